The van der Waals surface area contributed by atoms with Crippen molar-refractivity contribution < 1.29 is 4.79 Å². The van der Waals surface area contributed by atoms with E-state index in [4.69, 9.17) is 0 Å². The summed E-state index contributed by atoms with van der Waals surface area (Å²) in [5, 5.41) is 9.11. The highest BCUT2D eigenvalue weighted by Crippen LogP contribution is 2.65. The number of hydrogen-bond donors (Lipinski definition) is 2. The minimum atomic E-state index is -0.284. The highest BCUT2D eigenvalue weighted by atomic mass is 16.2. The standard InChI is InChI=1S/C13H15N3O2/c17-9-4-3-8(15-16-9)13(18)14-12-10-6-1-2-7(5-6)11(10)12/h3-4,6-7,10-12H,1-2,5H2,(H,14,18)(H,16,17). The average molecular weight is 245 g/mol. The molecule has 0 saturated heterocycles. The summed E-state index contributed by atoms with van der Waals surface area (Å²) in [6.45, 7) is 0. The van der Waals surface area contributed by atoms with Gasteiger partial charge in [-0.05, 0) is 49.0 Å². The molecule has 1 aromatic heterocycles. The molecule has 5 nitrogen and oxygen atoms in total. The molecule has 0 spiro atoms. The van der Waals surface area contributed by atoms with Gasteiger partial charge in [0.15, 0.2) is 0 Å². The molecule has 4 atom stereocenters. The molecular formula is C13H15N3O2. The van der Waals surface area contributed by atoms with Gasteiger partial charge >= 0.3 is 0 Å². The van der Waals surface area contributed by atoms with Crippen LogP contribution in [-0.4, -0.2) is 22.1 Å². The van der Waals surface area contributed by atoms with Gasteiger partial charge < -0.3 is 5.32 Å². The molecule has 3 aliphatic carbocycles. The Morgan fingerprint density at radius 3 is 2.61 bits per heavy atom. The van der Waals surface area contributed by atoms with Gasteiger partial charge in [-0.15, -0.1) is 0 Å². The predicted molar refractivity (Wildman–Crippen MR) is 63.9 cm³/mol. The molecule has 0 aliphatic heterocycles. The van der Waals surface area contributed by atoms with Gasteiger partial charge in [0.05, 0.1) is 0 Å². The Bertz CT molecular complexity index is 531. The van der Waals surface area contributed by atoms with Crippen molar-refractivity contribution in [1.29, 1.82) is 0 Å². The molecule has 1 heterocycles. The number of carbonyl (C=O) groups excluding carboxylic acids is 1. The fraction of sp³-hybridized carbons (Fsp3) is 0.615. The van der Waals surface area contributed by atoms with Crippen molar-refractivity contribution >= 4 is 5.91 Å². The van der Waals surface area contributed by atoms with Gasteiger partial charge in [0, 0.05) is 12.1 Å². The number of rotatable bonds is 2. The average Bonchev–Trinajstić information content (AvgIpc) is 2.78. The maximum absolute atomic E-state index is 12.0. The van der Waals surface area contributed by atoms with Gasteiger partial charge in [-0.3, -0.25) is 9.59 Å². The molecule has 94 valence electrons. The molecule has 2 bridgehead atoms. The van der Waals surface area contributed by atoms with Crippen LogP contribution >= 0.6 is 0 Å². The Hall–Kier alpha value is -1.65. The van der Waals surface area contributed by atoms with Gasteiger partial charge in [-0.1, -0.05) is 0 Å². The predicted octanol–water partition coefficient (Wildman–Crippen LogP) is 0.544. The van der Waals surface area contributed by atoms with E-state index in [1.807, 2.05) is 0 Å². The first-order valence-electron chi connectivity index (χ1n) is 6.60. The lowest BCUT2D eigenvalue weighted by atomic mass is 10.0. The van der Waals surface area contributed by atoms with Crippen molar-refractivity contribution in [2.45, 2.75) is 25.3 Å². The van der Waals surface area contributed by atoms with Crippen molar-refractivity contribution in [2.75, 3.05) is 0 Å². The fourth-order valence-electron chi connectivity index (χ4n) is 4.21. The lowest BCUT2D eigenvalue weighted by molar-refractivity contribution is 0.0938. The molecule has 1 amide bonds. The van der Waals surface area contributed by atoms with Crippen molar-refractivity contribution in [2.24, 2.45) is 23.7 Å². The van der Waals surface area contributed by atoms with Crippen LogP contribution < -0.4 is 10.9 Å². The van der Waals surface area contributed by atoms with Crippen LogP contribution in [0.4, 0.5) is 0 Å². The van der Waals surface area contributed by atoms with Crippen molar-refractivity contribution in [3.8, 4) is 0 Å². The van der Waals surface area contributed by atoms with E-state index in [0.717, 1.165) is 23.7 Å². The summed E-state index contributed by atoms with van der Waals surface area (Å²) in [4.78, 5) is 22.9. The van der Waals surface area contributed by atoms with Gasteiger partial charge in [-0.2, -0.15) is 5.10 Å². The number of aromatic amines is 1. The Kier molecular flexibility index (Phi) is 1.96. The van der Waals surface area contributed by atoms with Crippen LogP contribution in [-0.2, 0) is 0 Å². The van der Waals surface area contributed by atoms with Crippen LogP contribution in [0.15, 0.2) is 16.9 Å². The van der Waals surface area contributed by atoms with E-state index in [-0.39, 0.29) is 11.5 Å². The van der Waals surface area contributed by atoms with Crippen LogP contribution in [0, 0.1) is 23.7 Å². The Labute approximate surface area is 104 Å². The second kappa shape index (κ2) is 3.43. The molecule has 3 saturated carbocycles. The number of H-pyrrole nitrogens is 1. The first-order valence-corrected chi connectivity index (χ1v) is 6.60. The molecule has 0 aromatic carbocycles. The van der Waals surface area contributed by atoms with Gasteiger partial charge in [0.1, 0.15) is 5.69 Å². The smallest absolute Gasteiger partial charge is 0.271 e. The Balaban J connectivity index is 1.46. The quantitative estimate of drug-likeness (QED) is 0.798. The van der Waals surface area contributed by atoms with Gasteiger partial charge in [0.2, 0.25) is 0 Å². The lowest BCUT2D eigenvalue weighted by Gasteiger charge is -2.09. The van der Waals surface area contributed by atoms with Crippen molar-refractivity contribution in [3.05, 3.63) is 28.2 Å². The molecule has 18 heavy (non-hydrogen) atoms. The summed E-state index contributed by atoms with van der Waals surface area (Å²) in [5.74, 6) is 2.96. The van der Waals surface area contributed by atoms with E-state index in [1.165, 1.54) is 31.4 Å². The zero-order valence-corrected chi connectivity index (χ0v) is 9.93. The van der Waals surface area contributed by atoms with Crippen LogP contribution in [0.1, 0.15) is 29.8 Å². The van der Waals surface area contributed by atoms with E-state index < -0.39 is 0 Å². The van der Waals surface area contributed by atoms with Crippen LogP contribution in [0.5, 0.6) is 0 Å². The van der Waals surface area contributed by atoms with Crippen LogP contribution in [0.2, 0.25) is 0 Å². The summed E-state index contributed by atoms with van der Waals surface area (Å²) in [7, 11) is 0. The second-order valence-corrected chi connectivity index (χ2v) is 5.79. The topological polar surface area (TPSA) is 74.8 Å². The molecule has 4 rings (SSSR count). The number of nitrogens with zero attached hydrogens (tertiary/aromatic N) is 1. The summed E-state index contributed by atoms with van der Waals surface area (Å²) in [6.07, 6.45) is 4.06. The lowest BCUT2D eigenvalue weighted by Crippen LogP contribution is -2.31. The highest BCUT2D eigenvalue weighted by Gasteiger charge is 2.65. The number of amides is 1. The first kappa shape index (κ1) is 10.3. The molecule has 3 fully saturated rings. The summed E-state index contributed by atoms with van der Waals surface area (Å²) in [5.41, 5.74) is 0.0137. The molecule has 1 aromatic rings. The van der Waals surface area contributed by atoms with E-state index in [0.29, 0.717) is 11.7 Å². The molecule has 5 heteroatoms. The summed E-state index contributed by atoms with van der Waals surface area (Å²) < 4.78 is 0. The third-order valence-electron chi connectivity index (χ3n) is 4.94. The van der Waals surface area contributed by atoms with Gasteiger partial charge in [-0.25, -0.2) is 5.10 Å². The third kappa shape index (κ3) is 1.36. The monoisotopic (exact) mass is 245 g/mol. The minimum absolute atomic E-state index is 0.162. The number of nitrogens with one attached hydrogen (secondary N) is 2. The number of hydrogen-bond acceptors (Lipinski definition) is 3. The first-order chi connectivity index (χ1) is 8.74. The van der Waals surface area contributed by atoms with Crippen molar-refractivity contribution in [3.63, 3.8) is 0 Å². The maximum Gasteiger partial charge on any atom is 0.271 e. The highest BCUT2D eigenvalue weighted by molar-refractivity contribution is 5.92. The van der Waals surface area contributed by atoms with E-state index >= 15 is 0 Å². The Morgan fingerprint density at radius 1 is 1.28 bits per heavy atom. The maximum atomic E-state index is 12.0. The van der Waals surface area contributed by atoms with E-state index in [1.54, 1.807) is 0 Å². The zero-order chi connectivity index (χ0) is 12.3. The molecule has 2 N–H and O–H groups in total. The normalized spacial score (nSPS) is 39.4. The minimum Gasteiger partial charge on any atom is -0.347 e. The SMILES string of the molecule is O=C(NC1C2C3CCC(C3)C12)c1ccc(=O)[nH]n1. The zero-order valence-electron chi connectivity index (χ0n) is 9.93. The number of carbonyl (C=O) groups is 1. The van der Waals surface area contributed by atoms with Crippen LogP contribution in [0.25, 0.3) is 0 Å². The summed E-state index contributed by atoms with van der Waals surface area (Å²) >= 11 is 0. The second-order valence-electron chi connectivity index (χ2n) is 5.79. The molecule has 4 unspecified atom stereocenters. The third-order valence-corrected chi connectivity index (χ3v) is 4.94. The van der Waals surface area contributed by atoms with Crippen LogP contribution in [0.3, 0.4) is 0 Å². The van der Waals surface area contributed by atoms with E-state index in [2.05, 4.69) is 15.5 Å². The Morgan fingerprint density at radius 2 is 2.00 bits per heavy atom. The van der Waals surface area contributed by atoms with E-state index in [9.17, 15) is 9.59 Å². The van der Waals surface area contributed by atoms with Crippen molar-refractivity contribution in [1.82, 2.24) is 15.5 Å². The number of fused-ring (bicyclic) bond motifs is 5. The molecule has 0 radical (unpaired) electrons. The summed E-state index contributed by atoms with van der Waals surface area (Å²) in [6, 6.07) is 3.16. The largest absolute Gasteiger partial charge is 0.347 e. The van der Waals surface area contributed by atoms with Gasteiger partial charge in [0.25, 0.3) is 11.5 Å². The number of aromatic nitrogens is 2. The molecular weight excluding hydrogens is 230 g/mol. The molecule has 3 aliphatic rings. The fourth-order valence-corrected chi connectivity index (χ4v) is 4.21.